The number of rotatable bonds is 4. The fourth-order valence-corrected chi connectivity index (χ4v) is 5.14. The summed E-state index contributed by atoms with van der Waals surface area (Å²) >= 11 is 3.92. The van der Waals surface area contributed by atoms with Crippen LogP contribution in [-0.4, -0.2) is 22.7 Å². The molecule has 0 aromatic heterocycles. The van der Waals surface area contributed by atoms with Crippen LogP contribution in [0.1, 0.15) is 25.8 Å². The van der Waals surface area contributed by atoms with Gasteiger partial charge in [0.15, 0.2) is 0 Å². The zero-order valence-corrected chi connectivity index (χ0v) is 12.6. The van der Waals surface area contributed by atoms with Gasteiger partial charge in [-0.25, -0.2) is 0 Å². The Bertz CT molecular complexity index is 404. The molecule has 1 aromatic carbocycles. The van der Waals surface area contributed by atoms with E-state index >= 15 is 0 Å². The third-order valence-electron chi connectivity index (χ3n) is 3.04. The SMILES string of the molecule is CC(O)CC(C)C(=C1SCCS1)c1ccccc1. The van der Waals surface area contributed by atoms with Gasteiger partial charge in [-0.1, -0.05) is 37.3 Å². The Morgan fingerprint density at radius 1 is 1.17 bits per heavy atom. The molecule has 1 N–H and O–H groups in total. The summed E-state index contributed by atoms with van der Waals surface area (Å²) in [6.07, 6.45) is 0.588. The molecule has 0 radical (unpaired) electrons. The number of benzene rings is 1. The van der Waals surface area contributed by atoms with Gasteiger partial charge in [0.05, 0.1) is 6.10 Å². The van der Waals surface area contributed by atoms with Gasteiger partial charge in [-0.3, -0.25) is 0 Å². The molecule has 1 aliphatic rings. The lowest BCUT2D eigenvalue weighted by molar-refractivity contribution is 0.174. The number of allylic oxidation sites excluding steroid dienone is 1. The summed E-state index contributed by atoms with van der Waals surface area (Å²) in [6, 6.07) is 10.6. The van der Waals surface area contributed by atoms with E-state index in [1.54, 1.807) is 0 Å². The summed E-state index contributed by atoms with van der Waals surface area (Å²) in [7, 11) is 0. The van der Waals surface area contributed by atoms with Crippen LogP contribution in [0, 0.1) is 5.92 Å². The third-order valence-corrected chi connectivity index (χ3v) is 5.79. The highest BCUT2D eigenvalue weighted by molar-refractivity contribution is 8.25. The molecule has 1 saturated heterocycles. The van der Waals surface area contributed by atoms with Crippen molar-refractivity contribution in [3.8, 4) is 0 Å². The van der Waals surface area contributed by atoms with E-state index in [1.807, 2.05) is 30.4 Å². The van der Waals surface area contributed by atoms with Crippen LogP contribution in [0.3, 0.4) is 0 Å². The van der Waals surface area contributed by atoms with Gasteiger partial charge in [-0.2, -0.15) is 0 Å². The number of aliphatic hydroxyl groups is 1. The molecule has 18 heavy (non-hydrogen) atoms. The second kappa shape index (κ2) is 6.69. The summed E-state index contributed by atoms with van der Waals surface area (Å²) in [5.74, 6) is 2.82. The van der Waals surface area contributed by atoms with Crippen LogP contribution in [-0.2, 0) is 0 Å². The van der Waals surface area contributed by atoms with Gasteiger partial charge >= 0.3 is 0 Å². The molecule has 0 aliphatic carbocycles. The van der Waals surface area contributed by atoms with Gasteiger partial charge < -0.3 is 5.11 Å². The van der Waals surface area contributed by atoms with Crippen LogP contribution in [0.25, 0.3) is 5.57 Å². The molecule has 0 saturated carbocycles. The van der Waals surface area contributed by atoms with Crippen LogP contribution >= 0.6 is 23.5 Å². The standard InChI is InChI=1S/C15H20OS2/c1-11(10-12(2)16)14(15-17-8-9-18-15)13-6-4-3-5-7-13/h3-7,11-12,16H,8-10H2,1-2H3. The Morgan fingerprint density at radius 3 is 2.33 bits per heavy atom. The maximum Gasteiger partial charge on any atom is 0.0517 e. The minimum atomic E-state index is -0.240. The second-order valence-electron chi connectivity index (χ2n) is 4.75. The molecule has 0 bridgehead atoms. The molecule has 1 nitrogen and oxygen atoms in total. The van der Waals surface area contributed by atoms with Crippen LogP contribution in [0.4, 0.5) is 0 Å². The Hall–Kier alpha value is -0.380. The van der Waals surface area contributed by atoms with E-state index in [0.29, 0.717) is 5.92 Å². The summed E-state index contributed by atoms with van der Waals surface area (Å²) < 4.78 is 1.45. The molecule has 0 amide bonds. The molecule has 2 unspecified atom stereocenters. The Kier molecular flexibility index (Phi) is 5.22. The first-order valence-corrected chi connectivity index (χ1v) is 8.39. The molecule has 1 aromatic rings. The van der Waals surface area contributed by atoms with E-state index in [2.05, 4.69) is 37.3 Å². The molecule has 2 atom stereocenters. The molecule has 1 fully saturated rings. The molecule has 3 heteroatoms. The van der Waals surface area contributed by atoms with Crippen molar-refractivity contribution in [2.75, 3.05) is 11.5 Å². The van der Waals surface area contributed by atoms with Crippen molar-refractivity contribution in [2.45, 2.75) is 26.4 Å². The van der Waals surface area contributed by atoms with Crippen LogP contribution < -0.4 is 0 Å². The highest BCUT2D eigenvalue weighted by atomic mass is 32.2. The lowest BCUT2D eigenvalue weighted by atomic mass is 9.91. The minimum Gasteiger partial charge on any atom is -0.393 e. The van der Waals surface area contributed by atoms with E-state index in [0.717, 1.165) is 6.42 Å². The predicted molar refractivity (Wildman–Crippen MR) is 83.7 cm³/mol. The van der Waals surface area contributed by atoms with Gasteiger partial charge in [0.2, 0.25) is 0 Å². The molecule has 1 aliphatic heterocycles. The van der Waals surface area contributed by atoms with Gasteiger partial charge in [0.1, 0.15) is 0 Å². The van der Waals surface area contributed by atoms with Crippen LogP contribution in [0.5, 0.6) is 0 Å². The maximum atomic E-state index is 9.63. The van der Waals surface area contributed by atoms with Crippen molar-refractivity contribution in [1.82, 2.24) is 0 Å². The van der Waals surface area contributed by atoms with Crippen molar-refractivity contribution in [1.29, 1.82) is 0 Å². The molecule has 1 heterocycles. The van der Waals surface area contributed by atoms with E-state index in [1.165, 1.54) is 26.9 Å². The van der Waals surface area contributed by atoms with Gasteiger partial charge in [0.25, 0.3) is 0 Å². The Balaban J connectivity index is 2.32. The van der Waals surface area contributed by atoms with Crippen LogP contribution in [0.15, 0.2) is 34.6 Å². The summed E-state index contributed by atoms with van der Waals surface area (Å²) in [5.41, 5.74) is 2.73. The zero-order valence-electron chi connectivity index (χ0n) is 10.9. The van der Waals surface area contributed by atoms with Crippen molar-refractivity contribution in [2.24, 2.45) is 5.92 Å². The highest BCUT2D eigenvalue weighted by Crippen LogP contribution is 2.45. The lowest BCUT2D eigenvalue weighted by Gasteiger charge is -2.20. The average Bonchev–Trinajstić information content (AvgIpc) is 2.83. The zero-order chi connectivity index (χ0) is 13.0. The molecule has 0 spiro atoms. The van der Waals surface area contributed by atoms with Crippen LogP contribution in [0.2, 0.25) is 0 Å². The number of aliphatic hydroxyl groups excluding tert-OH is 1. The first-order valence-electron chi connectivity index (χ1n) is 6.41. The summed E-state index contributed by atoms with van der Waals surface area (Å²) in [6.45, 7) is 4.10. The van der Waals surface area contributed by atoms with Gasteiger partial charge in [-0.15, -0.1) is 23.5 Å². The fraction of sp³-hybridized carbons (Fsp3) is 0.467. The van der Waals surface area contributed by atoms with E-state index < -0.39 is 0 Å². The predicted octanol–water partition coefficient (Wildman–Crippen LogP) is 4.24. The van der Waals surface area contributed by atoms with Crippen molar-refractivity contribution < 1.29 is 5.11 Å². The lowest BCUT2D eigenvalue weighted by Crippen LogP contribution is -2.09. The minimum absolute atomic E-state index is 0.240. The first kappa shape index (κ1) is 14.0. The Labute approximate surface area is 118 Å². The first-order chi connectivity index (χ1) is 8.68. The maximum absolute atomic E-state index is 9.63. The van der Waals surface area contributed by atoms with Crippen molar-refractivity contribution in [3.05, 3.63) is 40.1 Å². The van der Waals surface area contributed by atoms with E-state index in [9.17, 15) is 5.11 Å². The number of hydrogen-bond donors (Lipinski definition) is 1. The normalized spacial score (nSPS) is 18.7. The molecular weight excluding hydrogens is 260 g/mol. The number of thioether (sulfide) groups is 2. The summed E-state index contributed by atoms with van der Waals surface area (Å²) in [5, 5.41) is 9.63. The fourth-order valence-electron chi connectivity index (χ4n) is 2.32. The Morgan fingerprint density at radius 2 is 1.78 bits per heavy atom. The third kappa shape index (κ3) is 3.56. The van der Waals surface area contributed by atoms with E-state index in [4.69, 9.17) is 0 Å². The molecular formula is C15H20OS2. The summed E-state index contributed by atoms with van der Waals surface area (Å²) in [4.78, 5) is 0. The van der Waals surface area contributed by atoms with Crippen molar-refractivity contribution in [3.63, 3.8) is 0 Å². The number of hydrogen-bond acceptors (Lipinski definition) is 3. The van der Waals surface area contributed by atoms with Gasteiger partial charge in [0, 0.05) is 15.7 Å². The highest BCUT2D eigenvalue weighted by Gasteiger charge is 2.21. The quantitative estimate of drug-likeness (QED) is 0.890. The van der Waals surface area contributed by atoms with E-state index in [-0.39, 0.29) is 6.10 Å². The topological polar surface area (TPSA) is 20.2 Å². The molecule has 98 valence electrons. The van der Waals surface area contributed by atoms with Gasteiger partial charge in [-0.05, 0) is 30.4 Å². The average molecular weight is 280 g/mol. The monoisotopic (exact) mass is 280 g/mol. The molecule has 2 rings (SSSR count). The largest absolute Gasteiger partial charge is 0.393 e. The smallest absolute Gasteiger partial charge is 0.0517 e. The second-order valence-corrected chi connectivity index (χ2v) is 7.22. The van der Waals surface area contributed by atoms with Crippen molar-refractivity contribution >= 4 is 29.1 Å².